The van der Waals surface area contributed by atoms with Gasteiger partial charge in [0, 0.05) is 27.5 Å². The number of rotatable bonds is 8. The van der Waals surface area contributed by atoms with Crippen LogP contribution in [0.5, 0.6) is 0 Å². The molecule has 0 bridgehead atoms. The topological polar surface area (TPSA) is 16.4 Å². The maximum absolute atomic E-state index is 6.25. The molecular weight excluding hydrogens is 727 g/mol. The van der Waals surface area contributed by atoms with Crippen LogP contribution in [0, 0.1) is 0 Å². The highest BCUT2D eigenvalue weighted by atomic mass is 16.3. The smallest absolute Gasteiger partial charge is 0.136 e. The molecule has 0 aliphatic rings. The molecule has 1 aromatic heterocycles. The fourth-order valence-electron chi connectivity index (χ4n) is 8.84. The Morgan fingerprint density at radius 1 is 0.267 bits per heavy atom. The molecule has 0 radical (unpaired) electrons. The molecule has 0 aliphatic heterocycles. The number of furan rings is 1. The Morgan fingerprint density at radius 2 is 0.717 bits per heavy atom. The Balaban J connectivity index is 0.984. The molecule has 0 unspecified atom stereocenters. The summed E-state index contributed by atoms with van der Waals surface area (Å²) in [6, 6.07) is 84.9. The van der Waals surface area contributed by atoms with E-state index in [4.69, 9.17) is 4.42 Å². The molecule has 0 aliphatic carbocycles. The molecule has 282 valence electrons. The number of benzene rings is 10. The highest BCUT2D eigenvalue weighted by molar-refractivity contribution is 6.06. The van der Waals surface area contributed by atoms with E-state index in [-0.39, 0.29) is 0 Å². The second-order valence-corrected chi connectivity index (χ2v) is 15.2. The molecule has 11 rings (SSSR count). The molecular formula is C58H39NO. The average Bonchev–Trinajstić information content (AvgIpc) is 3.71. The minimum absolute atomic E-state index is 0.900. The first-order chi connectivity index (χ1) is 29.8. The average molecular weight is 766 g/mol. The van der Waals surface area contributed by atoms with Gasteiger partial charge < -0.3 is 9.32 Å². The lowest BCUT2D eigenvalue weighted by atomic mass is 9.87. The maximum Gasteiger partial charge on any atom is 0.136 e. The molecule has 0 atom stereocenters. The summed E-state index contributed by atoms with van der Waals surface area (Å²) in [6.07, 6.45) is 0. The van der Waals surface area contributed by atoms with E-state index < -0.39 is 0 Å². The number of fused-ring (bicyclic) bond motifs is 4. The van der Waals surface area contributed by atoms with Crippen molar-refractivity contribution in [3.8, 4) is 55.6 Å². The van der Waals surface area contributed by atoms with E-state index in [2.05, 4.69) is 229 Å². The fraction of sp³-hybridized carbons (Fsp3) is 0. The molecule has 0 amide bonds. The summed E-state index contributed by atoms with van der Waals surface area (Å²) >= 11 is 0. The minimum atomic E-state index is 0.900. The second kappa shape index (κ2) is 15.1. The van der Waals surface area contributed by atoms with Crippen molar-refractivity contribution in [2.75, 3.05) is 4.90 Å². The highest BCUT2D eigenvalue weighted by Crippen LogP contribution is 2.44. The Hall–Kier alpha value is -7.94. The van der Waals surface area contributed by atoms with Gasteiger partial charge in [0.2, 0.25) is 0 Å². The normalized spacial score (nSPS) is 11.3. The third-order valence-electron chi connectivity index (χ3n) is 11.7. The lowest BCUT2D eigenvalue weighted by Gasteiger charge is -2.27. The fourth-order valence-corrected chi connectivity index (χ4v) is 8.84. The maximum atomic E-state index is 6.25. The third-order valence-corrected chi connectivity index (χ3v) is 11.7. The molecule has 0 saturated carbocycles. The quantitative estimate of drug-likeness (QED) is 0.153. The summed E-state index contributed by atoms with van der Waals surface area (Å²) in [6.45, 7) is 0. The van der Waals surface area contributed by atoms with Crippen molar-refractivity contribution in [1.82, 2.24) is 0 Å². The van der Waals surface area contributed by atoms with Crippen LogP contribution < -0.4 is 4.90 Å². The van der Waals surface area contributed by atoms with Crippen LogP contribution in [0.4, 0.5) is 17.1 Å². The van der Waals surface area contributed by atoms with Crippen LogP contribution in [0.3, 0.4) is 0 Å². The van der Waals surface area contributed by atoms with Gasteiger partial charge in [-0.1, -0.05) is 188 Å². The zero-order chi connectivity index (χ0) is 39.8. The number of hydrogen-bond donors (Lipinski definition) is 0. The number of nitrogens with zero attached hydrogens (tertiary/aromatic N) is 1. The summed E-state index contributed by atoms with van der Waals surface area (Å²) in [4.78, 5) is 2.38. The zero-order valence-electron chi connectivity index (χ0n) is 32.9. The first-order valence-electron chi connectivity index (χ1n) is 20.5. The number of hydrogen-bond acceptors (Lipinski definition) is 2. The van der Waals surface area contributed by atoms with Gasteiger partial charge in [-0.15, -0.1) is 0 Å². The Kier molecular flexibility index (Phi) is 8.87. The van der Waals surface area contributed by atoms with Gasteiger partial charge in [0.25, 0.3) is 0 Å². The molecule has 2 nitrogen and oxygen atoms in total. The van der Waals surface area contributed by atoms with Crippen LogP contribution in [0.2, 0.25) is 0 Å². The summed E-state index contributed by atoms with van der Waals surface area (Å²) in [5.41, 5.74) is 17.0. The summed E-state index contributed by atoms with van der Waals surface area (Å²) in [5, 5.41) is 4.68. The predicted molar refractivity (Wildman–Crippen MR) is 253 cm³/mol. The highest BCUT2D eigenvalue weighted by Gasteiger charge is 2.18. The van der Waals surface area contributed by atoms with Gasteiger partial charge >= 0.3 is 0 Å². The molecule has 60 heavy (non-hydrogen) atoms. The third kappa shape index (κ3) is 6.32. The van der Waals surface area contributed by atoms with Gasteiger partial charge in [0.05, 0.1) is 5.69 Å². The summed E-state index contributed by atoms with van der Waals surface area (Å²) in [5.74, 6) is 0. The van der Waals surface area contributed by atoms with Gasteiger partial charge in [0.1, 0.15) is 11.2 Å². The van der Waals surface area contributed by atoms with Crippen LogP contribution in [-0.2, 0) is 0 Å². The van der Waals surface area contributed by atoms with Crippen molar-refractivity contribution in [3.63, 3.8) is 0 Å². The first-order valence-corrected chi connectivity index (χ1v) is 20.5. The molecule has 0 spiro atoms. The Labute approximate surface area is 349 Å². The van der Waals surface area contributed by atoms with Gasteiger partial charge in [-0.25, -0.2) is 0 Å². The predicted octanol–water partition coefficient (Wildman–Crippen LogP) is 16.5. The molecule has 2 heteroatoms. The van der Waals surface area contributed by atoms with Crippen molar-refractivity contribution < 1.29 is 4.42 Å². The van der Waals surface area contributed by atoms with Crippen molar-refractivity contribution in [1.29, 1.82) is 0 Å². The van der Waals surface area contributed by atoms with Crippen molar-refractivity contribution in [3.05, 3.63) is 237 Å². The monoisotopic (exact) mass is 765 g/mol. The molecule has 0 fully saturated rings. The van der Waals surface area contributed by atoms with Gasteiger partial charge in [-0.3, -0.25) is 0 Å². The first kappa shape index (κ1) is 35.2. The van der Waals surface area contributed by atoms with E-state index in [1.54, 1.807) is 0 Å². The van der Waals surface area contributed by atoms with E-state index >= 15 is 0 Å². The molecule has 1 heterocycles. The van der Waals surface area contributed by atoms with Gasteiger partial charge in [-0.05, 0) is 110 Å². The summed E-state index contributed by atoms with van der Waals surface area (Å²) < 4.78 is 6.25. The lowest BCUT2D eigenvalue weighted by molar-refractivity contribution is 0.669. The SMILES string of the molecule is c1ccc(-c2ccccc2-c2ccccc2-c2ccccc2-c2ccc(N(c3ccc(-c4ccc5c(c4)oc4ccccc45)cc3)c3cccc4ccccc34)cc2)cc1. The van der Waals surface area contributed by atoms with Crippen molar-refractivity contribution >= 4 is 49.8 Å². The molecule has 10 aromatic carbocycles. The van der Waals surface area contributed by atoms with Crippen molar-refractivity contribution in [2.24, 2.45) is 0 Å². The van der Waals surface area contributed by atoms with Crippen LogP contribution in [-0.4, -0.2) is 0 Å². The van der Waals surface area contributed by atoms with E-state index in [1.165, 1.54) is 49.7 Å². The number of anilines is 3. The van der Waals surface area contributed by atoms with Gasteiger partial charge in [-0.2, -0.15) is 0 Å². The Bertz CT molecular complexity index is 3300. The number of para-hydroxylation sites is 1. The lowest BCUT2D eigenvalue weighted by Crippen LogP contribution is -2.10. The summed E-state index contributed by atoms with van der Waals surface area (Å²) in [7, 11) is 0. The van der Waals surface area contributed by atoms with Crippen LogP contribution in [0.1, 0.15) is 0 Å². The van der Waals surface area contributed by atoms with E-state index in [9.17, 15) is 0 Å². The van der Waals surface area contributed by atoms with Crippen molar-refractivity contribution in [2.45, 2.75) is 0 Å². The largest absolute Gasteiger partial charge is 0.456 e. The molecule has 11 aromatic rings. The van der Waals surface area contributed by atoms with Gasteiger partial charge in [0.15, 0.2) is 0 Å². The van der Waals surface area contributed by atoms with Crippen LogP contribution >= 0.6 is 0 Å². The molecule has 0 saturated heterocycles. The van der Waals surface area contributed by atoms with E-state index in [0.717, 1.165) is 55.7 Å². The van der Waals surface area contributed by atoms with Crippen LogP contribution in [0.25, 0.3) is 88.3 Å². The van der Waals surface area contributed by atoms with E-state index in [0.29, 0.717) is 0 Å². The second-order valence-electron chi connectivity index (χ2n) is 15.2. The standard InChI is InChI=1S/C58H39NO/c1-2-15-41(16-3-1)47-19-6-8-22-50(47)52-24-10-11-25-53(52)51-23-9-7-20-48(51)43-31-36-46(37-32-43)59(56-27-14-18-42-17-4-5-21-49(42)56)45-34-29-40(30-35-45)44-33-38-55-54-26-12-13-28-57(54)60-58(55)39-44/h1-39H. The van der Waals surface area contributed by atoms with Crippen LogP contribution in [0.15, 0.2) is 241 Å². The van der Waals surface area contributed by atoms with E-state index in [1.807, 2.05) is 12.1 Å². The Morgan fingerprint density at radius 3 is 1.37 bits per heavy atom. The molecule has 0 N–H and O–H groups in total. The zero-order valence-corrected chi connectivity index (χ0v) is 32.9. The minimum Gasteiger partial charge on any atom is -0.456 e.